The minimum Gasteiger partial charge on any atom is -0.258 e. The van der Waals surface area contributed by atoms with Gasteiger partial charge in [0.1, 0.15) is 5.15 Å². The summed E-state index contributed by atoms with van der Waals surface area (Å²) >= 11 is 8.23. The monoisotopic (exact) mass is 403 g/mol. The molecule has 7 heteroatoms. The number of hydrogen-bond donors (Lipinski definition) is 0. The van der Waals surface area contributed by atoms with Crippen LogP contribution in [-0.4, -0.2) is 14.9 Å². The van der Waals surface area contributed by atoms with Crippen molar-refractivity contribution < 1.29 is 4.92 Å². The van der Waals surface area contributed by atoms with Gasteiger partial charge in [0, 0.05) is 17.7 Å². The topological polar surface area (TPSA) is 68.9 Å². The summed E-state index contributed by atoms with van der Waals surface area (Å²) in [5.41, 5.74) is 1.47. The Kier molecular flexibility index (Phi) is 4.87. The van der Waals surface area contributed by atoms with Gasteiger partial charge in [-0.05, 0) is 29.0 Å². The second-order valence-electron chi connectivity index (χ2n) is 4.16. The second-order valence-corrected chi connectivity index (χ2v) is 5.59. The van der Waals surface area contributed by atoms with Crippen molar-refractivity contribution in [1.29, 1.82) is 0 Å². The van der Waals surface area contributed by atoms with E-state index in [9.17, 15) is 10.1 Å². The Balaban J connectivity index is 2.52. The minimum atomic E-state index is -0.440. The summed E-state index contributed by atoms with van der Waals surface area (Å²) in [4.78, 5) is 19.1. The molecular formula is C13H11ClIN3O2. The van der Waals surface area contributed by atoms with Gasteiger partial charge in [0.2, 0.25) is 0 Å². The smallest absolute Gasteiger partial charge is 0.258 e. The Hall–Kier alpha value is -1.28. The lowest BCUT2D eigenvalue weighted by molar-refractivity contribution is -0.384. The van der Waals surface area contributed by atoms with Crippen molar-refractivity contribution in [3.63, 3.8) is 0 Å². The quantitative estimate of drug-likeness (QED) is 0.331. The van der Waals surface area contributed by atoms with Crippen LogP contribution in [0.15, 0.2) is 24.3 Å². The number of benzene rings is 1. The van der Waals surface area contributed by atoms with E-state index >= 15 is 0 Å². The molecule has 0 aliphatic heterocycles. The first-order valence-electron chi connectivity index (χ1n) is 5.99. The number of aromatic nitrogens is 2. The summed E-state index contributed by atoms with van der Waals surface area (Å²) in [6.45, 7) is 2.05. The highest BCUT2D eigenvalue weighted by atomic mass is 127. The van der Waals surface area contributed by atoms with Crippen molar-refractivity contribution in [3.8, 4) is 11.4 Å². The highest BCUT2D eigenvalue weighted by Crippen LogP contribution is 2.26. The average molecular weight is 404 g/mol. The third-order valence-electron chi connectivity index (χ3n) is 2.68. The van der Waals surface area contributed by atoms with Crippen LogP contribution in [0.25, 0.3) is 11.4 Å². The fraction of sp³-hybridized carbons (Fsp3) is 0.231. The fourth-order valence-electron chi connectivity index (χ4n) is 1.75. The van der Waals surface area contributed by atoms with E-state index in [1.165, 1.54) is 12.1 Å². The summed E-state index contributed by atoms with van der Waals surface area (Å²) in [7, 11) is 0. The van der Waals surface area contributed by atoms with Crippen LogP contribution in [0.3, 0.4) is 0 Å². The first-order valence-corrected chi connectivity index (χ1v) is 7.45. The average Bonchev–Trinajstić information content (AvgIpc) is 2.44. The SMILES string of the molecule is CCCc1nc(-c2cccc([N+](=O)[O-])c2)nc(Cl)c1I. The van der Waals surface area contributed by atoms with Gasteiger partial charge in [0.25, 0.3) is 5.69 Å². The lowest BCUT2D eigenvalue weighted by Gasteiger charge is -2.07. The van der Waals surface area contributed by atoms with Gasteiger partial charge < -0.3 is 0 Å². The van der Waals surface area contributed by atoms with Crippen molar-refractivity contribution in [3.05, 3.63) is 48.8 Å². The highest BCUT2D eigenvalue weighted by molar-refractivity contribution is 14.1. The van der Waals surface area contributed by atoms with Crippen molar-refractivity contribution >= 4 is 39.9 Å². The highest BCUT2D eigenvalue weighted by Gasteiger charge is 2.14. The largest absolute Gasteiger partial charge is 0.270 e. The van der Waals surface area contributed by atoms with Crippen LogP contribution >= 0.6 is 34.2 Å². The Morgan fingerprint density at radius 1 is 1.40 bits per heavy atom. The molecule has 0 saturated carbocycles. The third kappa shape index (κ3) is 3.24. The minimum absolute atomic E-state index is 0.0119. The van der Waals surface area contributed by atoms with E-state index in [0.29, 0.717) is 16.5 Å². The number of nitrogens with zero attached hydrogens (tertiary/aromatic N) is 3. The van der Waals surface area contributed by atoms with Gasteiger partial charge >= 0.3 is 0 Å². The van der Waals surface area contributed by atoms with Gasteiger partial charge in [0.15, 0.2) is 5.82 Å². The summed E-state index contributed by atoms with van der Waals surface area (Å²) in [6.07, 6.45) is 1.74. The molecule has 0 spiro atoms. The molecule has 1 aromatic heterocycles. The van der Waals surface area contributed by atoms with E-state index in [-0.39, 0.29) is 5.69 Å². The molecular weight excluding hydrogens is 393 g/mol. The number of nitro groups is 1. The van der Waals surface area contributed by atoms with Crippen LogP contribution in [0.4, 0.5) is 5.69 Å². The molecule has 0 aliphatic carbocycles. The second kappa shape index (κ2) is 6.45. The number of halogens is 2. The van der Waals surface area contributed by atoms with Crippen LogP contribution < -0.4 is 0 Å². The molecule has 2 rings (SSSR count). The van der Waals surface area contributed by atoms with E-state index in [1.807, 2.05) is 0 Å². The van der Waals surface area contributed by atoms with E-state index in [1.54, 1.807) is 12.1 Å². The number of rotatable bonds is 4. The van der Waals surface area contributed by atoms with Crippen LogP contribution in [0, 0.1) is 13.7 Å². The molecule has 0 N–H and O–H groups in total. The molecule has 0 bridgehead atoms. The van der Waals surface area contributed by atoms with Crippen molar-refractivity contribution in [2.45, 2.75) is 19.8 Å². The predicted molar refractivity (Wildman–Crippen MR) is 85.8 cm³/mol. The van der Waals surface area contributed by atoms with Crippen LogP contribution in [0.1, 0.15) is 19.0 Å². The van der Waals surface area contributed by atoms with Crippen LogP contribution in [0.2, 0.25) is 5.15 Å². The maximum Gasteiger partial charge on any atom is 0.270 e. The Bertz CT molecular complexity index is 664. The zero-order chi connectivity index (χ0) is 14.7. The lowest BCUT2D eigenvalue weighted by Crippen LogP contribution is -2.01. The van der Waals surface area contributed by atoms with Gasteiger partial charge in [-0.15, -0.1) is 0 Å². The van der Waals surface area contributed by atoms with Gasteiger partial charge in [0.05, 0.1) is 14.2 Å². The first-order chi connectivity index (χ1) is 9.52. The predicted octanol–water partition coefficient (Wildman–Crippen LogP) is 4.26. The van der Waals surface area contributed by atoms with Crippen molar-refractivity contribution in [2.24, 2.45) is 0 Å². The Morgan fingerprint density at radius 2 is 2.15 bits per heavy atom. The van der Waals surface area contributed by atoms with Gasteiger partial charge in [-0.3, -0.25) is 10.1 Å². The molecule has 0 atom stereocenters. The molecule has 104 valence electrons. The molecule has 5 nitrogen and oxygen atoms in total. The number of aryl methyl sites for hydroxylation is 1. The molecule has 1 heterocycles. The summed E-state index contributed by atoms with van der Waals surface area (Å²) in [6, 6.07) is 6.24. The van der Waals surface area contributed by atoms with E-state index in [2.05, 4.69) is 39.5 Å². The van der Waals surface area contributed by atoms with Crippen LogP contribution in [-0.2, 0) is 6.42 Å². The number of hydrogen-bond acceptors (Lipinski definition) is 4. The molecule has 0 radical (unpaired) electrons. The number of non-ortho nitro benzene ring substituents is 1. The van der Waals surface area contributed by atoms with Gasteiger partial charge in [-0.1, -0.05) is 37.1 Å². The number of nitro benzene ring substituents is 1. The molecule has 2 aromatic rings. The third-order valence-corrected chi connectivity index (χ3v) is 4.41. The first kappa shape index (κ1) is 15.1. The maximum atomic E-state index is 10.8. The van der Waals surface area contributed by atoms with E-state index in [0.717, 1.165) is 22.1 Å². The van der Waals surface area contributed by atoms with Crippen molar-refractivity contribution in [2.75, 3.05) is 0 Å². The van der Waals surface area contributed by atoms with Gasteiger partial charge in [-0.2, -0.15) is 0 Å². The van der Waals surface area contributed by atoms with Crippen molar-refractivity contribution in [1.82, 2.24) is 9.97 Å². The maximum absolute atomic E-state index is 10.8. The molecule has 0 saturated heterocycles. The lowest BCUT2D eigenvalue weighted by atomic mass is 10.1. The summed E-state index contributed by atoms with van der Waals surface area (Å²) < 4.78 is 0.834. The van der Waals surface area contributed by atoms with E-state index in [4.69, 9.17) is 11.6 Å². The molecule has 0 aliphatic rings. The molecule has 0 fully saturated rings. The van der Waals surface area contributed by atoms with Gasteiger partial charge in [-0.25, -0.2) is 9.97 Å². The molecule has 0 unspecified atom stereocenters. The standard InChI is InChI=1S/C13H11ClIN3O2/c1-2-4-10-11(15)12(14)17-13(16-10)8-5-3-6-9(7-8)18(19)20/h3,5-7H,2,4H2,1H3. The molecule has 20 heavy (non-hydrogen) atoms. The van der Waals surface area contributed by atoms with Crippen LogP contribution in [0.5, 0.6) is 0 Å². The summed E-state index contributed by atoms with van der Waals surface area (Å²) in [5.74, 6) is 0.419. The Morgan fingerprint density at radius 3 is 2.80 bits per heavy atom. The normalized spacial score (nSPS) is 10.6. The molecule has 0 amide bonds. The Labute approximate surface area is 134 Å². The van der Waals surface area contributed by atoms with E-state index < -0.39 is 4.92 Å². The summed E-state index contributed by atoms with van der Waals surface area (Å²) in [5, 5.41) is 11.2. The zero-order valence-electron chi connectivity index (χ0n) is 10.6. The fourth-order valence-corrected chi connectivity index (χ4v) is 2.45. The molecule has 1 aromatic carbocycles. The zero-order valence-corrected chi connectivity index (χ0v) is 13.6.